The van der Waals surface area contributed by atoms with E-state index in [-0.39, 0.29) is 23.0 Å². The Labute approximate surface area is 124 Å². The van der Waals surface area contributed by atoms with Gasteiger partial charge in [-0.15, -0.1) is 0 Å². The Hall–Kier alpha value is -1.67. The number of aromatic nitrogens is 5. The third-order valence-electron chi connectivity index (χ3n) is 1.94. The molecule has 1 N–H and O–H groups in total. The van der Waals surface area contributed by atoms with E-state index in [0.29, 0.717) is 16.0 Å². The highest BCUT2D eigenvalue weighted by atomic mass is 35.5. The first-order chi connectivity index (χ1) is 9.42. The molecule has 0 saturated heterocycles. The van der Waals surface area contributed by atoms with Gasteiger partial charge < -0.3 is 9.72 Å². The summed E-state index contributed by atoms with van der Waals surface area (Å²) in [5, 5.41) is 0.704. The maximum atomic E-state index is 11.4. The zero-order valence-corrected chi connectivity index (χ0v) is 12.6. The van der Waals surface area contributed by atoms with Gasteiger partial charge in [-0.25, -0.2) is 4.98 Å². The van der Waals surface area contributed by atoms with E-state index >= 15 is 0 Å². The van der Waals surface area contributed by atoms with Crippen LogP contribution in [0.25, 0.3) is 0 Å². The lowest BCUT2D eigenvalue weighted by Gasteiger charge is -2.08. The molecule has 9 heteroatoms. The number of aromatic amines is 1. The van der Waals surface area contributed by atoms with E-state index in [2.05, 4.69) is 24.9 Å². The van der Waals surface area contributed by atoms with Gasteiger partial charge in [0.1, 0.15) is 0 Å². The Kier molecular flexibility index (Phi) is 4.56. The Balaban J connectivity index is 2.28. The molecular formula is C11H12ClN5O2S. The number of hydrogen-bond donors (Lipinski definition) is 1. The highest BCUT2D eigenvalue weighted by Crippen LogP contribution is 2.23. The molecule has 2 aromatic heterocycles. The molecule has 106 valence electrons. The lowest BCUT2D eigenvalue weighted by molar-refractivity contribution is 0.219. The first kappa shape index (κ1) is 14.7. The summed E-state index contributed by atoms with van der Waals surface area (Å²) in [6, 6.07) is 1.54. The lowest BCUT2D eigenvalue weighted by Crippen LogP contribution is -2.10. The van der Waals surface area contributed by atoms with Crippen LogP contribution < -0.4 is 10.3 Å². The van der Waals surface area contributed by atoms with Crippen molar-refractivity contribution in [1.29, 1.82) is 0 Å². The smallest absolute Gasteiger partial charge is 0.322 e. The third-order valence-corrected chi connectivity index (χ3v) is 2.87. The summed E-state index contributed by atoms with van der Waals surface area (Å²) in [4.78, 5) is 30.1. The number of halogens is 1. The van der Waals surface area contributed by atoms with Crippen LogP contribution in [0.15, 0.2) is 21.2 Å². The molecule has 0 radical (unpaired) electrons. The van der Waals surface area contributed by atoms with Gasteiger partial charge >= 0.3 is 6.01 Å². The molecule has 0 aliphatic carbocycles. The molecule has 0 aliphatic heterocycles. The molecule has 0 unspecified atom stereocenters. The maximum absolute atomic E-state index is 11.4. The van der Waals surface area contributed by atoms with Crippen molar-refractivity contribution >= 4 is 23.4 Å². The minimum absolute atomic E-state index is 0.0214. The highest BCUT2D eigenvalue weighted by Gasteiger charge is 2.10. The fourth-order valence-corrected chi connectivity index (χ4v) is 2.28. The molecule has 0 aromatic carbocycles. The van der Waals surface area contributed by atoms with Gasteiger partial charge in [0, 0.05) is 11.8 Å². The quantitative estimate of drug-likeness (QED) is 0.861. The number of aryl methyl sites for hydroxylation is 1. The Morgan fingerprint density at radius 2 is 2.05 bits per heavy atom. The van der Waals surface area contributed by atoms with Crippen LogP contribution in [0.4, 0.5) is 0 Å². The third kappa shape index (κ3) is 4.17. The van der Waals surface area contributed by atoms with E-state index in [9.17, 15) is 4.79 Å². The number of nitrogens with one attached hydrogen (secondary N) is 1. The molecule has 2 rings (SSSR count). The van der Waals surface area contributed by atoms with Crippen LogP contribution in [-0.4, -0.2) is 31.0 Å². The molecule has 0 saturated carbocycles. The van der Waals surface area contributed by atoms with Gasteiger partial charge in [0.15, 0.2) is 5.16 Å². The SMILES string of the molecule is Cc1cc(=O)[nH]c(Sc2nc(Cl)nc(OC(C)C)n2)n1. The minimum Gasteiger partial charge on any atom is -0.461 e. The van der Waals surface area contributed by atoms with E-state index in [1.54, 1.807) is 6.92 Å². The number of hydrogen-bond acceptors (Lipinski definition) is 7. The first-order valence-corrected chi connectivity index (χ1v) is 6.96. The van der Waals surface area contributed by atoms with E-state index in [0.717, 1.165) is 11.8 Å². The Morgan fingerprint density at radius 1 is 1.30 bits per heavy atom. The molecule has 7 nitrogen and oxygen atoms in total. The lowest BCUT2D eigenvalue weighted by atomic mass is 10.5. The van der Waals surface area contributed by atoms with Crippen LogP contribution in [0.3, 0.4) is 0 Å². The van der Waals surface area contributed by atoms with E-state index < -0.39 is 0 Å². The first-order valence-electron chi connectivity index (χ1n) is 5.76. The van der Waals surface area contributed by atoms with Gasteiger partial charge in [0.2, 0.25) is 10.4 Å². The van der Waals surface area contributed by atoms with E-state index in [1.807, 2.05) is 13.8 Å². The van der Waals surface area contributed by atoms with Crippen LogP contribution in [0.2, 0.25) is 5.28 Å². The topological polar surface area (TPSA) is 93.7 Å². The van der Waals surface area contributed by atoms with Gasteiger partial charge in [-0.2, -0.15) is 15.0 Å². The molecule has 0 bridgehead atoms. The second-order valence-electron chi connectivity index (χ2n) is 4.13. The molecule has 2 aromatic rings. The molecule has 0 aliphatic rings. The zero-order chi connectivity index (χ0) is 14.7. The number of ether oxygens (including phenoxy) is 1. The van der Waals surface area contributed by atoms with Crippen molar-refractivity contribution in [1.82, 2.24) is 24.9 Å². The summed E-state index contributed by atoms with van der Waals surface area (Å²) in [5.41, 5.74) is 0.369. The molecule has 0 atom stereocenters. The Bertz CT molecular complexity index is 676. The highest BCUT2D eigenvalue weighted by molar-refractivity contribution is 7.99. The summed E-state index contributed by atoms with van der Waals surface area (Å²) >= 11 is 6.89. The molecule has 0 spiro atoms. The van der Waals surface area contributed by atoms with Crippen LogP contribution in [0.5, 0.6) is 6.01 Å². The Morgan fingerprint density at radius 3 is 2.70 bits per heavy atom. The van der Waals surface area contributed by atoms with Crippen molar-refractivity contribution in [3.63, 3.8) is 0 Å². The fraction of sp³-hybridized carbons (Fsp3) is 0.364. The molecule has 2 heterocycles. The van der Waals surface area contributed by atoms with Crippen LogP contribution in [0.1, 0.15) is 19.5 Å². The summed E-state index contributed by atoms with van der Waals surface area (Å²) in [7, 11) is 0. The van der Waals surface area contributed by atoms with Gasteiger partial charge in [-0.3, -0.25) is 4.79 Å². The second kappa shape index (κ2) is 6.19. The van der Waals surface area contributed by atoms with E-state index in [4.69, 9.17) is 16.3 Å². The van der Waals surface area contributed by atoms with Crippen molar-refractivity contribution in [3.05, 3.63) is 27.4 Å². The summed E-state index contributed by atoms with van der Waals surface area (Å²) in [6.45, 7) is 5.43. The monoisotopic (exact) mass is 313 g/mol. The summed E-state index contributed by atoms with van der Waals surface area (Å²) in [5.74, 6) is 0. The fourth-order valence-electron chi connectivity index (χ4n) is 1.31. The molecule has 0 fully saturated rings. The van der Waals surface area contributed by atoms with Crippen LogP contribution in [-0.2, 0) is 0 Å². The van der Waals surface area contributed by atoms with Crippen molar-refractivity contribution in [2.45, 2.75) is 37.2 Å². The average Bonchev–Trinajstić information content (AvgIpc) is 2.24. The zero-order valence-electron chi connectivity index (χ0n) is 11.0. The average molecular weight is 314 g/mol. The van der Waals surface area contributed by atoms with E-state index in [1.165, 1.54) is 6.07 Å². The number of H-pyrrole nitrogens is 1. The van der Waals surface area contributed by atoms with Crippen LogP contribution in [0, 0.1) is 6.92 Å². The second-order valence-corrected chi connectivity index (χ2v) is 5.42. The van der Waals surface area contributed by atoms with Gasteiger partial charge in [0.05, 0.1) is 6.10 Å². The summed E-state index contributed by atoms with van der Waals surface area (Å²) in [6.07, 6.45) is -0.0804. The molecular weight excluding hydrogens is 302 g/mol. The van der Waals surface area contributed by atoms with Gasteiger partial charge in [-0.05, 0) is 44.1 Å². The standard InChI is InChI=1S/C11H12ClN5O2S/c1-5(2)19-9-15-8(12)16-11(17-9)20-10-13-6(3)4-7(18)14-10/h4-5H,1-3H3,(H,13,14,18). The normalized spacial score (nSPS) is 10.8. The maximum Gasteiger partial charge on any atom is 0.322 e. The molecule has 0 amide bonds. The van der Waals surface area contributed by atoms with Gasteiger partial charge in [-0.1, -0.05) is 0 Å². The number of rotatable bonds is 4. The minimum atomic E-state index is -0.237. The van der Waals surface area contributed by atoms with Crippen molar-refractivity contribution in [3.8, 4) is 6.01 Å². The van der Waals surface area contributed by atoms with Crippen molar-refractivity contribution < 1.29 is 4.74 Å². The summed E-state index contributed by atoms with van der Waals surface area (Å²) < 4.78 is 5.37. The van der Waals surface area contributed by atoms with Crippen molar-refractivity contribution in [2.75, 3.05) is 0 Å². The van der Waals surface area contributed by atoms with Gasteiger partial charge in [0.25, 0.3) is 5.56 Å². The van der Waals surface area contributed by atoms with Crippen LogP contribution >= 0.6 is 23.4 Å². The largest absolute Gasteiger partial charge is 0.461 e. The number of nitrogens with zero attached hydrogens (tertiary/aromatic N) is 4. The predicted octanol–water partition coefficient (Wildman–Crippen LogP) is 1.86. The van der Waals surface area contributed by atoms with Crippen molar-refractivity contribution in [2.24, 2.45) is 0 Å². The predicted molar refractivity (Wildman–Crippen MR) is 74.3 cm³/mol. The molecule has 20 heavy (non-hydrogen) atoms.